The van der Waals surface area contributed by atoms with Crippen molar-refractivity contribution in [2.24, 2.45) is 4.99 Å². The van der Waals surface area contributed by atoms with Crippen molar-refractivity contribution in [3.05, 3.63) is 21.8 Å². The third-order valence-electron chi connectivity index (χ3n) is 2.01. The molecule has 0 spiro atoms. The van der Waals surface area contributed by atoms with Crippen LogP contribution in [0, 0.1) is 10.1 Å². The van der Waals surface area contributed by atoms with Gasteiger partial charge in [-0.3, -0.25) is 24.6 Å². The van der Waals surface area contributed by atoms with E-state index in [1.54, 1.807) is 0 Å². The molecule has 15 heavy (non-hydrogen) atoms. The first kappa shape index (κ1) is 9.84. The molecule has 0 aromatic carbocycles. The first-order chi connectivity index (χ1) is 7.00. The Kier molecular flexibility index (Phi) is 2.07. The second-order valence-electron chi connectivity index (χ2n) is 2.96. The van der Waals surface area contributed by atoms with Crippen molar-refractivity contribution in [3.8, 4) is 0 Å². The van der Waals surface area contributed by atoms with E-state index in [0.29, 0.717) is 0 Å². The van der Waals surface area contributed by atoms with Crippen LogP contribution in [0.5, 0.6) is 0 Å². The molecule has 0 N–H and O–H groups in total. The maximum absolute atomic E-state index is 11.6. The predicted molar refractivity (Wildman–Crippen MR) is 51.7 cm³/mol. The number of nitro groups is 1. The Morgan fingerprint density at radius 3 is 2.87 bits per heavy atom. The van der Waals surface area contributed by atoms with Crippen LogP contribution in [0.4, 0.5) is 0 Å². The van der Waals surface area contributed by atoms with Crippen LogP contribution >= 0.6 is 11.8 Å². The molecular weight excluding hydrogens is 222 g/mol. The van der Waals surface area contributed by atoms with Crippen molar-refractivity contribution in [1.82, 2.24) is 4.90 Å². The molecule has 2 aliphatic heterocycles. The van der Waals surface area contributed by atoms with Crippen molar-refractivity contribution in [3.63, 3.8) is 0 Å². The summed E-state index contributed by atoms with van der Waals surface area (Å²) in [5.41, 5.74) is 0.144. The molecule has 2 heterocycles. The summed E-state index contributed by atoms with van der Waals surface area (Å²) in [6, 6.07) is 0. The molecule has 2 aliphatic rings. The van der Waals surface area contributed by atoms with Crippen molar-refractivity contribution < 1.29 is 14.5 Å². The SMILES string of the molecule is CN1C(=O)C2=CC(=O)SC2=NC1[N+](=O)[O-]. The molecular formula is C7H5N3O4S. The minimum atomic E-state index is -1.43. The van der Waals surface area contributed by atoms with Crippen LogP contribution in [0.25, 0.3) is 0 Å². The Bertz CT molecular complexity index is 442. The first-order valence-electron chi connectivity index (χ1n) is 3.93. The minimum Gasteiger partial charge on any atom is -0.282 e. The lowest BCUT2D eigenvalue weighted by molar-refractivity contribution is -0.542. The van der Waals surface area contributed by atoms with Crippen LogP contribution in [0.2, 0.25) is 0 Å². The third-order valence-corrected chi connectivity index (χ3v) is 2.85. The highest BCUT2D eigenvalue weighted by atomic mass is 32.2. The lowest BCUT2D eigenvalue weighted by Crippen LogP contribution is -2.45. The smallest absolute Gasteiger partial charge is 0.282 e. The van der Waals surface area contributed by atoms with Gasteiger partial charge in [-0.25, -0.2) is 0 Å². The molecule has 7 nitrogen and oxygen atoms in total. The number of carbonyl (C=O) groups excluding carboxylic acids is 2. The lowest BCUT2D eigenvalue weighted by atomic mass is 10.2. The summed E-state index contributed by atoms with van der Waals surface area (Å²) in [4.78, 5) is 37.1. The van der Waals surface area contributed by atoms with E-state index in [1.807, 2.05) is 0 Å². The molecule has 0 saturated carbocycles. The Hall–Kier alpha value is -1.70. The van der Waals surface area contributed by atoms with Crippen molar-refractivity contribution in [2.75, 3.05) is 7.05 Å². The van der Waals surface area contributed by atoms with Crippen molar-refractivity contribution >= 4 is 27.8 Å². The number of hydrogen-bond donors (Lipinski definition) is 0. The number of amides is 1. The molecule has 1 amide bonds. The number of nitrogens with zero attached hydrogens (tertiary/aromatic N) is 3. The Morgan fingerprint density at radius 1 is 1.60 bits per heavy atom. The van der Waals surface area contributed by atoms with E-state index in [1.165, 1.54) is 7.05 Å². The summed E-state index contributed by atoms with van der Waals surface area (Å²) in [6.07, 6.45) is -0.276. The van der Waals surface area contributed by atoms with E-state index in [2.05, 4.69) is 4.99 Å². The number of likely N-dealkylation sites (N-methyl/N-ethyl adjacent to an activating group) is 1. The zero-order valence-corrected chi connectivity index (χ0v) is 8.35. The van der Waals surface area contributed by atoms with Gasteiger partial charge < -0.3 is 0 Å². The maximum Gasteiger partial charge on any atom is 0.388 e. The van der Waals surface area contributed by atoms with Gasteiger partial charge in [-0.15, -0.1) is 0 Å². The van der Waals surface area contributed by atoms with E-state index in [0.717, 1.165) is 22.7 Å². The van der Waals surface area contributed by atoms with Crippen LogP contribution in [0.1, 0.15) is 0 Å². The second kappa shape index (κ2) is 3.16. The van der Waals surface area contributed by atoms with Crippen molar-refractivity contribution in [1.29, 1.82) is 0 Å². The molecule has 0 fully saturated rings. The van der Waals surface area contributed by atoms with E-state index in [4.69, 9.17) is 0 Å². The van der Waals surface area contributed by atoms with Gasteiger partial charge in [-0.05, 0) is 11.8 Å². The number of aliphatic imine (C=N–C) groups is 1. The number of rotatable bonds is 1. The van der Waals surface area contributed by atoms with E-state index in [-0.39, 0.29) is 15.7 Å². The number of hydrogen-bond acceptors (Lipinski definition) is 6. The summed E-state index contributed by atoms with van der Waals surface area (Å²) in [5.74, 6) is -0.542. The average molecular weight is 227 g/mol. The normalized spacial score (nSPS) is 24.9. The van der Waals surface area contributed by atoms with Crippen molar-refractivity contribution in [2.45, 2.75) is 6.29 Å². The molecule has 78 valence electrons. The summed E-state index contributed by atoms with van der Waals surface area (Å²) < 4.78 is 0. The Balaban J connectivity index is 2.47. The van der Waals surface area contributed by atoms with Crippen LogP contribution in [-0.2, 0) is 9.59 Å². The fourth-order valence-electron chi connectivity index (χ4n) is 1.28. The van der Waals surface area contributed by atoms with E-state index >= 15 is 0 Å². The molecule has 0 bridgehead atoms. The lowest BCUT2D eigenvalue weighted by Gasteiger charge is -2.23. The largest absolute Gasteiger partial charge is 0.388 e. The van der Waals surface area contributed by atoms with Crippen LogP contribution in [-0.4, -0.2) is 39.2 Å². The zero-order chi connectivity index (χ0) is 11.2. The van der Waals surface area contributed by atoms with Gasteiger partial charge in [0.15, 0.2) is 0 Å². The zero-order valence-electron chi connectivity index (χ0n) is 7.54. The molecule has 1 atom stereocenters. The van der Waals surface area contributed by atoms with E-state index in [9.17, 15) is 19.7 Å². The number of carbonyl (C=O) groups is 2. The second-order valence-corrected chi connectivity index (χ2v) is 3.95. The van der Waals surface area contributed by atoms with Crippen LogP contribution < -0.4 is 0 Å². The molecule has 0 saturated heterocycles. The summed E-state index contributed by atoms with van der Waals surface area (Å²) in [6.45, 7) is 0. The summed E-state index contributed by atoms with van der Waals surface area (Å²) in [5, 5.41) is 10.4. The predicted octanol–water partition coefficient (Wildman–Crippen LogP) is -0.383. The molecule has 0 aliphatic carbocycles. The topological polar surface area (TPSA) is 92.9 Å². The van der Waals surface area contributed by atoms with Gasteiger partial charge in [-0.2, -0.15) is 4.99 Å². The minimum absolute atomic E-state index is 0.143. The molecule has 0 aromatic rings. The highest BCUT2D eigenvalue weighted by molar-refractivity contribution is 8.27. The standard InChI is InChI=1S/C7H5N3O4S/c1-9-6(12)3-2-4(11)15-5(3)8-7(9)10(13)14/h2,7H,1H3. The maximum atomic E-state index is 11.6. The molecule has 8 heteroatoms. The van der Waals surface area contributed by atoms with Gasteiger partial charge in [0.2, 0.25) is 5.12 Å². The van der Waals surface area contributed by atoms with Gasteiger partial charge in [-0.1, -0.05) is 0 Å². The van der Waals surface area contributed by atoms with Gasteiger partial charge in [0.1, 0.15) is 5.04 Å². The van der Waals surface area contributed by atoms with Gasteiger partial charge in [0.25, 0.3) is 5.91 Å². The first-order valence-corrected chi connectivity index (χ1v) is 4.74. The van der Waals surface area contributed by atoms with E-state index < -0.39 is 17.1 Å². The fraction of sp³-hybridized carbons (Fsp3) is 0.286. The molecule has 2 rings (SSSR count). The number of fused-ring (bicyclic) bond motifs is 1. The van der Waals surface area contributed by atoms with Gasteiger partial charge in [0.05, 0.1) is 10.5 Å². The Morgan fingerprint density at radius 2 is 2.27 bits per heavy atom. The molecule has 1 unspecified atom stereocenters. The fourth-order valence-corrected chi connectivity index (χ4v) is 2.05. The number of thioether (sulfide) groups is 1. The highest BCUT2D eigenvalue weighted by Crippen LogP contribution is 2.29. The summed E-state index contributed by atoms with van der Waals surface area (Å²) in [7, 11) is 1.28. The van der Waals surface area contributed by atoms with Crippen LogP contribution in [0.3, 0.4) is 0 Å². The van der Waals surface area contributed by atoms with Crippen LogP contribution in [0.15, 0.2) is 16.6 Å². The highest BCUT2D eigenvalue weighted by Gasteiger charge is 2.41. The average Bonchev–Trinajstić information content (AvgIpc) is 2.52. The monoisotopic (exact) mass is 227 g/mol. The van der Waals surface area contributed by atoms with Gasteiger partial charge >= 0.3 is 6.29 Å². The summed E-state index contributed by atoms with van der Waals surface area (Å²) >= 11 is 0.743. The molecule has 0 aromatic heterocycles. The quantitative estimate of drug-likeness (QED) is 0.449. The Labute approximate surface area is 88.0 Å². The van der Waals surface area contributed by atoms with Gasteiger partial charge in [0, 0.05) is 13.1 Å². The third kappa shape index (κ3) is 1.42. The molecule has 0 radical (unpaired) electrons.